The van der Waals surface area contributed by atoms with E-state index in [0.717, 1.165) is 12.7 Å². The topological polar surface area (TPSA) is 72.6 Å². The normalized spacial score (nSPS) is 16.9. The van der Waals surface area contributed by atoms with Gasteiger partial charge in [0.15, 0.2) is 5.72 Å². The van der Waals surface area contributed by atoms with E-state index in [-0.39, 0.29) is 18.3 Å². The molecule has 0 heterocycles. The van der Waals surface area contributed by atoms with Gasteiger partial charge in [-0.25, -0.2) is 0 Å². The number of hydrogen-bond acceptors (Lipinski definition) is 4. The molecule has 4 nitrogen and oxygen atoms in total. The van der Waals surface area contributed by atoms with Crippen molar-refractivity contribution in [2.75, 3.05) is 7.11 Å². The van der Waals surface area contributed by atoms with Crippen LogP contribution < -0.4 is 5.73 Å². The van der Waals surface area contributed by atoms with Crippen molar-refractivity contribution in [1.82, 2.24) is 0 Å². The van der Waals surface area contributed by atoms with Crippen LogP contribution in [0.15, 0.2) is 24.3 Å². The number of carbonyl (C=O) groups is 1. The fraction of sp³-hybridized carbons (Fsp3) is 0.500. The molecule has 0 radical (unpaired) electrons. The summed E-state index contributed by atoms with van der Waals surface area (Å²) in [4.78, 5) is 10.8. The van der Waals surface area contributed by atoms with Crippen molar-refractivity contribution in [3.05, 3.63) is 35.4 Å². The minimum absolute atomic E-state index is 0. The maximum atomic E-state index is 10.8. The number of methoxy groups -OCH3 is 1. The summed E-state index contributed by atoms with van der Waals surface area (Å²) in [7, 11) is 1.46. The summed E-state index contributed by atoms with van der Waals surface area (Å²) < 4.78 is 5.32. The van der Waals surface area contributed by atoms with Crippen LogP contribution in [0.3, 0.4) is 0 Å². The summed E-state index contributed by atoms with van der Waals surface area (Å²) in [6.45, 7) is 3.89. The Morgan fingerprint density at radius 2 is 2.16 bits per heavy atom. The van der Waals surface area contributed by atoms with Crippen LogP contribution in [0, 0.1) is 5.92 Å². The smallest absolute Gasteiger partial charge is 0.168 e. The van der Waals surface area contributed by atoms with Gasteiger partial charge in [-0.2, -0.15) is 0 Å². The van der Waals surface area contributed by atoms with Crippen LogP contribution in [0.5, 0.6) is 0 Å². The van der Waals surface area contributed by atoms with Gasteiger partial charge in [-0.3, -0.25) is 10.5 Å². The third kappa shape index (κ3) is 3.76. The maximum absolute atomic E-state index is 10.8. The molecule has 0 aliphatic rings. The lowest BCUT2D eigenvalue weighted by atomic mass is 9.87. The van der Waals surface area contributed by atoms with Crippen LogP contribution in [0.2, 0.25) is 0 Å². The third-order valence-corrected chi connectivity index (χ3v) is 3.43. The zero-order valence-electron chi connectivity index (χ0n) is 11.5. The first-order chi connectivity index (χ1) is 8.49. The van der Waals surface area contributed by atoms with E-state index in [2.05, 4.69) is 0 Å². The summed E-state index contributed by atoms with van der Waals surface area (Å²) in [5.41, 5.74) is 5.99. The van der Waals surface area contributed by atoms with Gasteiger partial charge in [0.25, 0.3) is 0 Å². The largest absolute Gasteiger partial charge is 0.388 e. The lowest BCUT2D eigenvalue weighted by molar-refractivity contribution is -0.125. The number of ether oxygens (including phenoxy) is 1. The van der Waals surface area contributed by atoms with Crippen molar-refractivity contribution in [2.24, 2.45) is 11.7 Å². The second kappa shape index (κ2) is 7.60. The first-order valence-corrected chi connectivity index (χ1v) is 6.07. The Hall–Kier alpha value is -0.940. The number of hydrogen-bond donors (Lipinski definition) is 2. The predicted molar refractivity (Wildman–Crippen MR) is 77.4 cm³/mol. The molecule has 1 unspecified atom stereocenters. The predicted octanol–water partition coefficient (Wildman–Crippen LogP) is 2.09. The Bertz CT molecular complexity index is 413. The molecule has 1 aromatic rings. The SMILES string of the molecule is CCC(C)[C@H](O)[C@@](N)(OC)c1cccc(C=O)c1.Cl. The zero-order chi connectivity index (χ0) is 13.8. The average molecular weight is 288 g/mol. The monoisotopic (exact) mass is 287 g/mol. The minimum atomic E-state index is -1.30. The molecule has 5 heteroatoms. The van der Waals surface area contributed by atoms with Gasteiger partial charge in [0.2, 0.25) is 0 Å². The lowest BCUT2D eigenvalue weighted by Gasteiger charge is -2.36. The number of rotatable bonds is 6. The van der Waals surface area contributed by atoms with Crippen molar-refractivity contribution in [3.8, 4) is 0 Å². The quantitative estimate of drug-likeness (QED) is 0.621. The molecule has 3 N–H and O–H groups in total. The molecule has 0 saturated heterocycles. The number of aldehydes is 1. The van der Waals surface area contributed by atoms with E-state index in [1.165, 1.54) is 7.11 Å². The van der Waals surface area contributed by atoms with Crippen molar-refractivity contribution in [3.63, 3.8) is 0 Å². The number of nitrogens with two attached hydrogens (primary N) is 1. The standard InChI is InChI=1S/C14H21NO3.ClH/c1-4-10(2)13(17)14(15,18-3)12-7-5-6-11(8-12)9-16;/h5-10,13,17H,4,15H2,1-3H3;1H/t10?,13-,14-;/m0./s1. The molecule has 1 rings (SSSR count). The highest BCUT2D eigenvalue weighted by molar-refractivity contribution is 5.85. The van der Waals surface area contributed by atoms with Gasteiger partial charge in [0, 0.05) is 18.2 Å². The second-order valence-corrected chi connectivity index (χ2v) is 4.57. The molecule has 0 spiro atoms. The zero-order valence-corrected chi connectivity index (χ0v) is 12.3. The van der Waals surface area contributed by atoms with E-state index in [4.69, 9.17) is 10.5 Å². The Morgan fingerprint density at radius 3 is 2.63 bits per heavy atom. The van der Waals surface area contributed by atoms with Gasteiger partial charge in [-0.15, -0.1) is 12.4 Å². The molecule has 3 atom stereocenters. The van der Waals surface area contributed by atoms with E-state index in [1.54, 1.807) is 24.3 Å². The highest BCUT2D eigenvalue weighted by Crippen LogP contribution is 2.29. The van der Waals surface area contributed by atoms with Crippen LogP contribution >= 0.6 is 12.4 Å². The molecular weight excluding hydrogens is 266 g/mol. The summed E-state index contributed by atoms with van der Waals surface area (Å²) in [5.74, 6) is -0.00478. The molecule has 1 aromatic carbocycles. The fourth-order valence-electron chi connectivity index (χ4n) is 1.91. The van der Waals surface area contributed by atoms with Crippen molar-refractivity contribution >= 4 is 18.7 Å². The molecule has 0 saturated carbocycles. The first-order valence-electron chi connectivity index (χ1n) is 6.07. The second-order valence-electron chi connectivity index (χ2n) is 4.57. The van der Waals surface area contributed by atoms with E-state index in [9.17, 15) is 9.90 Å². The fourth-order valence-corrected chi connectivity index (χ4v) is 1.91. The highest BCUT2D eigenvalue weighted by Gasteiger charge is 2.38. The summed E-state index contributed by atoms with van der Waals surface area (Å²) >= 11 is 0. The van der Waals surface area contributed by atoms with Crippen molar-refractivity contribution < 1.29 is 14.6 Å². The van der Waals surface area contributed by atoms with E-state index in [1.807, 2.05) is 13.8 Å². The van der Waals surface area contributed by atoms with Gasteiger partial charge in [-0.1, -0.05) is 38.5 Å². The first kappa shape index (κ1) is 18.1. The molecule has 0 amide bonds. The molecule has 0 aliphatic heterocycles. The van der Waals surface area contributed by atoms with Crippen LogP contribution in [-0.2, 0) is 10.5 Å². The van der Waals surface area contributed by atoms with Crippen LogP contribution in [-0.4, -0.2) is 24.6 Å². The third-order valence-electron chi connectivity index (χ3n) is 3.43. The maximum Gasteiger partial charge on any atom is 0.168 e. The van der Waals surface area contributed by atoms with Gasteiger partial charge in [-0.05, 0) is 12.0 Å². The van der Waals surface area contributed by atoms with Gasteiger partial charge < -0.3 is 9.84 Å². The molecule has 0 aliphatic carbocycles. The Kier molecular flexibility index (Phi) is 7.23. The van der Waals surface area contributed by atoms with Crippen LogP contribution in [0.25, 0.3) is 0 Å². The number of aliphatic hydroxyl groups excluding tert-OH is 1. The summed E-state index contributed by atoms with van der Waals surface area (Å²) in [6, 6.07) is 6.80. The van der Waals surface area contributed by atoms with Crippen molar-refractivity contribution in [1.29, 1.82) is 0 Å². The van der Waals surface area contributed by atoms with Crippen LogP contribution in [0.4, 0.5) is 0 Å². The number of benzene rings is 1. The average Bonchev–Trinajstić information content (AvgIpc) is 2.44. The van der Waals surface area contributed by atoms with E-state index in [0.29, 0.717) is 11.1 Å². The van der Waals surface area contributed by atoms with Gasteiger partial charge in [0.1, 0.15) is 12.4 Å². The highest BCUT2D eigenvalue weighted by atomic mass is 35.5. The minimum Gasteiger partial charge on any atom is -0.388 e. The number of aliphatic hydroxyl groups is 1. The Morgan fingerprint density at radius 1 is 1.53 bits per heavy atom. The lowest BCUT2D eigenvalue weighted by Crippen LogP contribution is -2.52. The molecule has 108 valence electrons. The van der Waals surface area contributed by atoms with Gasteiger partial charge in [0.05, 0.1) is 0 Å². The molecule has 19 heavy (non-hydrogen) atoms. The number of carbonyl (C=O) groups excluding carboxylic acids is 1. The molecule has 0 bridgehead atoms. The van der Waals surface area contributed by atoms with E-state index >= 15 is 0 Å². The summed E-state index contributed by atoms with van der Waals surface area (Å²) in [5, 5.41) is 10.3. The van der Waals surface area contributed by atoms with Crippen LogP contribution in [0.1, 0.15) is 36.2 Å². The molecule has 0 aromatic heterocycles. The molecular formula is C14H22ClNO3. The Balaban J connectivity index is 0.00000324. The van der Waals surface area contributed by atoms with E-state index < -0.39 is 11.8 Å². The summed E-state index contributed by atoms with van der Waals surface area (Å²) in [6.07, 6.45) is 0.695. The Labute approximate surface area is 120 Å². The molecule has 0 fully saturated rings. The number of halogens is 1. The van der Waals surface area contributed by atoms with Gasteiger partial charge >= 0.3 is 0 Å². The van der Waals surface area contributed by atoms with Crippen molar-refractivity contribution in [2.45, 2.75) is 32.1 Å².